The lowest BCUT2D eigenvalue weighted by Gasteiger charge is -2.16. The molecule has 2 aliphatic rings. The molecule has 34 heavy (non-hydrogen) atoms. The van der Waals surface area contributed by atoms with E-state index >= 15 is 0 Å². The highest BCUT2D eigenvalue weighted by Gasteiger charge is 2.50. The smallest absolute Gasteiger partial charge is 0.331 e. The number of esters is 1. The molecule has 6 nitrogen and oxygen atoms in total. The first kappa shape index (κ1) is 25.2. The van der Waals surface area contributed by atoms with Gasteiger partial charge in [0.25, 0.3) is 0 Å². The van der Waals surface area contributed by atoms with Crippen LogP contribution in [0.1, 0.15) is 22.3 Å². The lowest BCUT2D eigenvalue weighted by molar-refractivity contribution is -0.326. The first-order valence-corrected chi connectivity index (χ1v) is 12.9. The molecule has 0 amide bonds. The van der Waals surface area contributed by atoms with Crippen molar-refractivity contribution in [1.82, 2.24) is 0 Å². The van der Waals surface area contributed by atoms with E-state index in [0.717, 1.165) is 23.5 Å². The second-order valence-corrected chi connectivity index (χ2v) is 8.93. The maximum atomic E-state index is 12.3. The predicted molar refractivity (Wildman–Crippen MR) is 138 cm³/mol. The van der Waals surface area contributed by atoms with Gasteiger partial charge in [-0.2, -0.15) is 0 Å². The summed E-state index contributed by atoms with van der Waals surface area (Å²) in [5.74, 6) is -0.426. The third-order valence-corrected chi connectivity index (χ3v) is 6.68. The zero-order chi connectivity index (χ0) is 23.8. The number of benzene rings is 2. The Balaban J connectivity index is 1.18. The Morgan fingerprint density at radius 2 is 1.41 bits per heavy atom. The van der Waals surface area contributed by atoms with Crippen LogP contribution in [0.5, 0.6) is 0 Å². The van der Waals surface area contributed by atoms with Crippen molar-refractivity contribution in [3.63, 3.8) is 0 Å². The summed E-state index contributed by atoms with van der Waals surface area (Å²) in [5, 5.41) is 0. The normalized spacial score (nSPS) is 24.2. The van der Waals surface area contributed by atoms with Gasteiger partial charge in [-0.05, 0) is 40.7 Å². The van der Waals surface area contributed by atoms with Gasteiger partial charge in [0.1, 0.15) is 24.9 Å². The van der Waals surface area contributed by atoms with Crippen LogP contribution in [0.2, 0.25) is 0 Å². The first-order chi connectivity index (χ1) is 16.7. The second kappa shape index (κ2) is 12.7. The van der Waals surface area contributed by atoms with E-state index in [9.17, 15) is 4.79 Å². The van der Waals surface area contributed by atoms with Crippen molar-refractivity contribution in [2.45, 2.75) is 36.7 Å². The van der Waals surface area contributed by atoms with Crippen LogP contribution in [0.15, 0.2) is 60.7 Å². The summed E-state index contributed by atoms with van der Waals surface area (Å²) in [6, 6.07) is 16.3. The molecule has 0 N–H and O–H groups in total. The van der Waals surface area contributed by atoms with Gasteiger partial charge in [0, 0.05) is 6.08 Å². The third kappa shape index (κ3) is 6.82. The van der Waals surface area contributed by atoms with Crippen LogP contribution < -0.4 is 0 Å². The molecule has 2 saturated heterocycles. The van der Waals surface area contributed by atoms with Gasteiger partial charge < -0.3 is 14.2 Å². The number of carbonyl (C=O) groups excluding carboxylic acids is 1. The van der Waals surface area contributed by atoms with Gasteiger partial charge in [0.2, 0.25) is 0 Å². The van der Waals surface area contributed by atoms with Gasteiger partial charge in [-0.3, -0.25) is 0 Å². The van der Waals surface area contributed by atoms with Crippen LogP contribution in [-0.4, -0.2) is 50.2 Å². The molecule has 180 valence electrons. The number of fused-ring (bicyclic) bond motifs is 1. The van der Waals surface area contributed by atoms with Crippen molar-refractivity contribution in [2.75, 3.05) is 19.8 Å². The van der Waals surface area contributed by atoms with Gasteiger partial charge in [-0.25, -0.2) is 14.6 Å². The Morgan fingerprint density at radius 1 is 0.853 bits per heavy atom. The Bertz CT molecular complexity index is 989. The van der Waals surface area contributed by atoms with Crippen LogP contribution in [0.25, 0.3) is 12.2 Å². The van der Waals surface area contributed by atoms with Gasteiger partial charge in [0.05, 0.1) is 13.2 Å². The third-order valence-electron chi connectivity index (χ3n) is 5.74. The van der Waals surface area contributed by atoms with Crippen LogP contribution in [-0.2, 0) is 41.1 Å². The largest absolute Gasteiger partial charge is 0.454 e. The molecule has 2 unspecified atom stereocenters. The average molecular weight is 500 g/mol. The molecule has 6 atom stereocenters. The molecule has 2 heterocycles. The van der Waals surface area contributed by atoms with E-state index < -0.39 is 12.1 Å². The molecule has 0 spiro atoms. The van der Waals surface area contributed by atoms with E-state index in [4.69, 9.17) is 24.0 Å². The Kier molecular flexibility index (Phi) is 9.41. The fraction of sp³-hybridized carbons (Fsp3) is 0.346. The summed E-state index contributed by atoms with van der Waals surface area (Å²) in [7, 11) is 5.40. The first-order valence-electron chi connectivity index (χ1n) is 11.3. The minimum absolute atomic E-state index is 0.268. The highest BCUT2D eigenvalue weighted by molar-refractivity contribution is 7.15. The molecule has 2 aromatic rings. The van der Waals surface area contributed by atoms with E-state index in [2.05, 4.69) is 42.7 Å². The van der Waals surface area contributed by atoms with E-state index in [1.54, 1.807) is 6.08 Å². The minimum atomic E-state index is -0.473. The van der Waals surface area contributed by atoms with E-state index in [1.807, 2.05) is 36.4 Å². The number of ether oxygens (including phenoxy) is 3. The summed E-state index contributed by atoms with van der Waals surface area (Å²) < 4.78 is 17.1. The SMILES string of the molecule is O=C(/C=C\c1ccc(CP)cc1)O[C@@H]1CO[C@H]2[C@@H]1OC[C@@H]2OOC/C=C/c1ccc(CP)cc1. The quantitative estimate of drug-likeness (QED) is 0.122. The van der Waals surface area contributed by atoms with Gasteiger partial charge in [-0.15, -0.1) is 18.5 Å². The van der Waals surface area contributed by atoms with Crippen molar-refractivity contribution >= 4 is 36.6 Å². The van der Waals surface area contributed by atoms with Gasteiger partial charge in [-0.1, -0.05) is 60.7 Å². The standard InChI is InChI=1S/C26H30O6P2/c27-24(12-11-19-5-9-21(17-34)10-6-19)31-22-14-28-26-23(15-29-25(22)26)32-30-13-1-2-18-3-7-20(16-33)8-4-18/h1-12,22-23,25-26H,13-17,33-34H2/b2-1+,12-11-/t22-,23+,25-,26-/m1/s1. The molecular formula is C26H30O6P2. The molecule has 2 aliphatic heterocycles. The molecule has 4 rings (SSSR count). The molecular weight excluding hydrogens is 470 g/mol. The molecule has 0 radical (unpaired) electrons. The zero-order valence-electron chi connectivity index (χ0n) is 18.9. The predicted octanol–water partition coefficient (Wildman–Crippen LogP) is 4.19. The topological polar surface area (TPSA) is 63.2 Å². The molecule has 2 fully saturated rings. The van der Waals surface area contributed by atoms with Crippen LogP contribution in [0.3, 0.4) is 0 Å². The number of rotatable bonds is 10. The van der Waals surface area contributed by atoms with Gasteiger partial charge >= 0.3 is 5.97 Å². The van der Waals surface area contributed by atoms with Crippen molar-refractivity contribution < 1.29 is 28.8 Å². The van der Waals surface area contributed by atoms with Crippen molar-refractivity contribution in [2.24, 2.45) is 0 Å². The Morgan fingerprint density at radius 3 is 2.03 bits per heavy atom. The van der Waals surface area contributed by atoms with E-state index in [1.165, 1.54) is 17.2 Å². The zero-order valence-corrected chi connectivity index (χ0v) is 21.2. The molecule has 0 bridgehead atoms. The summed E-state index contributed by atoms with van der Waals surface area (Å²) in [6.07, 6.45) is 7.35. The molecule has 0 aromatic heterocycles. The van der Waals surface area contributed by atoms with Crippen molar-refractivity contribution in [3.8, 4) is 0 Å². The highest BCUT2D eigenvalue weighted by Crippen LogP contribution is 2.30. The second-order valence-electron chi connectivity index (χ2n) is 8.12. The number of carbonyl (C=O) groups is 1. The summed E-state index contributed by atoms with van der Waals surface area (Å²) in [6.45, 7) is 0.895. The molecule has 0 saturated carbocycles. The average Bonchev–Trinajstić information content (AvgIpc) is 3.46. The minimum Gasteiger partial charge on any atom is -0.454 e. The summed E-state index contributed by atoms with van der Waals surface area (Å²) >= 11 is 0. The van der Waals surface area contributed by atoms with Crippen LogP contribution in [0.4, 0.5) is 0 Å². The highest BCUT2D eigenvalue weighted by atomic mass is 31.0. The number of hydrogen-bond donors (Lipinski definition) is 0. The fourth-order valence-corrected chi connectivity index (χ4v) is 4.39. The maximum Gasteiger partial charge on any atom is 0.331 e. The lowest BCUT2D eigenvalue weighted by Crippen LogP contribution is -2.34. The Labute approximate surface area is 205 Å². The van der Waals surface area contributed by atoms with Crippen molar-refractivity contribution in [1.29, 1.82) is 0 Å². The van der Waals surface area contributed by atoms with Crippen molar-refractivity contribution in [3.05, 3.63) is 82.9 Å². The summed E-state index contributed by atoms with van der Waals surface area (Å²) in [5.41, 5.74) is 4.53. The van der Waals surface area contributed by atoms with Crippen LogP contribution in [0, 0.1) is 0 Å². The van der Waals surface area contributed by atoms with Gasteiger partial charge in [0.15, 0.2) is 6.10 Å². The fourth-order valence-electron chi connectivity index (χ4n) is 3.85. The monoisotopic (exact) mass is 500 g/mol. The molecule has 0 aliphatic carbocycles. The van der Waals surface area contributed by atoms with E-state index in [0.29, 0.717) is 13.2 Å². The Hall–Kier alpha value is -1.91. The molecule has 8 heteroatoms. The van der Waals surface area contributed by atoms with Crippen LogP contribution >= 0.6 is 18.5 Å². The lowest BCUT2D eigenvalue weighted by atomic mass is 10.1. The maximum absolute atomic E-state index is 12.3. The van der Waals surface area contributed by atoms with E-state index in [-0.39, 0.29) is 24.9 Å². The summed E-state index contributed by atoms with van der Waals surface area (Å²) in [4.78, 5) is 23.1. The number of hydrogen-bond acceptors (Lipinski definition) is 6. The molecule has 2 aromatic carbocycles.